The molecule has 5 heteroatoms. The molecule has 2 atom stereocenters. The van der Waals surface area contributed by atoms with Crippen LogP contribution >= 0.6 is 15.9 Å². The van der Waals surface area contributed by atoms with E-state index in [1.54, 1.807) is 0 Å². The number of hydrogen-bond donors (Lipinski definition) is 4. The molecule has 0 spiro atoms. The average molecular weight is 387 g/mol. The van der Waals surface area contributed by atoms with Crippen LogP contribution in [0.5, 0.6) is 11.8 Å². The Labute approximate surface area is 148 Å². The normalized spacial score (nSPS) is 22.7. The minimum Gasteiger partial charge on any atom is -0.494 e. The van der Waals surface area contributed by atoms with Gasteiger partial charge in [0.2, 0.25) is 5.88 Å². The first kappa shape index (κ1) is 14.5. The Hall–Kier alpha value is -1.88. The molecule has 1 fully saturated rings. The molecule has 0 amide bonds. The molecule has 0 aliphatic heterocycles. The zero-order valence-electron chi connectivity index (χ0n) is 13.2. The number of hydrogen-bond acceptors (Lipinski definition) is 2. The Morgan fingerprint density at radius 2 is 1.67 bits per heavy atom. The van der Waals surface area contributed by atoms with Crippen molar-refractivity contribution >= 4 is 26.8 Å². The molecule has 124 valence electrons. The summed E-state index contributed by atoms with van der Waals surface area (Å²) in [6.45, 7) is 0. The molecule has 1 saturated carbocycles. The fourth-order valence-electron chi connectivity index (χ4n) is 4.87. The third kappa shape index (κ3) is 1.85. The van der Waals surface area contributed by atoms with Crippen molar-refractivity contribution < 1.29 is 10.2 Å². The molecule has 0 radical (unpaired) electrons. The fraction of sp³-hybridized carbons (Fsp3) is 0.368. The Morgan fingerprint density at radius 3 is 2.46 bits per heavy atom. The first-order valence-electron chi connectivity index (χ1n) is 8.60. The first-order chi connectivity index (χ1) is 11.6. The lowest BCUT2D eigenvalue weighted by molar-refractivity contribution is 0.415. The van der Waals surface area contributed by atoms with Gasteiger partial charge in [-0.15, -0.1) is 0 Å². The minimum atomic E-state index is 0.0667. The van der Waals surface area contributed by atoms with Gasteiger partial charge in [-0.05, 0) is 48.4 Å². The third-order valence-electron chi connectivity index (χ3n) is 5.81. The monoisotopic (exact) mass is 386 g/mol. The second kappa shape index (κ2) is 5.06. The number of H-pyrrole nitrogens is 2. The number of halogens is 1. The van der Waals surface area contributed by atoms with E-state index in [2.05, 4.69) is 38.0 Å². The Bertz CT molecular complexity index is 956. The number of rotatable bonds is 0. The Morgan fingerprint density at radius 1 is 0.917 bits per heavy atom. The molecule has 4 nitrogen and oxygen atoms in total. The molecule has 4 N–H and O–H groups in total. The average Bonchev–Trinajstić information content (AvgIpc) is 2.94. The maximum atomic E-state index is 10.4. The van der Waals surface area contributed by atoms with Gasteiger partial charge in [-0.2, -0.15) is 0 Å². The molecule has 0 saturated heterocycles. The van der Waals surface area contributed by atoms with Crippen LogP contribution in [0.3, 0.4) is 0 Å². The van der Waals surface area contributed by atoms with Crippen LogP contribution in [0, 0.1) is 0 Å². The third-order valence-corrected chi connectivity index (χ3v) is 6.30. The molecule has 3 aromatic rings. The van der Waals surface area contributed by atoms with Gasteiger partial charge in [-0.25, -0.2) is 0 Å². The van der Waals surface area contributed by atoms with Crippen LogP contribution in [0.2, 0.25) is 0 Å². The van der Waals surface area contributed by atoms with Gasteiger partial charge in [-0.1, -0.05) is 35.2 Å². The number of aromatic nitrogens is 2. The molecule has 2 heterocycles. The molecule has 2 aromatic heterocycles. The maximum absolute atomic E-state index is 10.4. The van der Waals surface area contributed by atoms with Gasteiger partial charge in [0.15, 0.2) is 5.88 Å². The van der Waals surface area contributed by atoms with E-state index in [4.69, 9.17) is 0 Å². The Kier molecular flexibility index (Phi) is 3.05. The summed E-state index contributed by atoms with van der Waals surface area (Å²) in [4.78, 5) is 6.25. The quantitative estimate of drug-likeness (QED) is 0.412. The maximum Gasteiger partial charge on any atom is 0.201 e. The number of fused-ring (bicyclic) bond motifs is 8. The van der Waals surface area contributed by atoms with E-state index in [0.717, 1.165) is 39.7 Å². The van der Waals surface area contributed by atoms with Gasteiger partial charge in [0.1, 0.15) is 0 Å². The van der Waals surface area contributed by atoms with E-state index in [1.165, 1.54) is 30.2 Å². The fourth-order valence-corrected chi connectivity index (χ4v) is 5.23. The van der Waals surface area contributed by atoms with E-state index in [0.29, 0.717) is 5.92 Å². The van der Waals surface area contributed by atoms with Crippen molar-refractivity contribution in [3.63, 3.8) is 0 Å². The van der Waals surface area contributed by atoms with Crippen LogP contribution in [0.4, 0.5) is 0 Å². The van der Waals surface area contributed by atoms with Gasteiger partial charge in [0.25, 0.3) is 0 Å². The van der Waals surface area contributed by atoms with Crippen LogP contribution in [0.25, 0.3) is 22.2 Å². The van der Waals surface area contributed by atoms with Gasteiger partial charge in [0, 0.05) is 20.9 Å². The van der Waals surface area contributed by atoms with Crippen molar-refractivity contribution in [3.05, 3.63) is 33.8 Å². The van der Waals surface area contributed by atoms with Crippen LogP contribution in [-0.2, 0) is 0 Å². The molecular weight excluding hydrogens is 368 g/mol. The predicted molar refractivity (Wildman–Crippen MR) is 97.7 cm³/mol. The van der Waals surface area contributed by atoms with Crippen LogP contribution in [-0.4, -0.2) is 20.2 Å². The second-order valence-corrected chi connectivity index (χ2v) is 7.98. The van der Waals surface area contributed by atoms with Crippen molar-refractivity contribution in [1.29, 1.82) is 0 Å². The summed E-state index contributed by atoms with van der Waals surface area (Å²) in [5, 5.41) is 22.1. The molecule has 1 aromatic carbocycles. The van der Waals surface area contributed by atoms with E-state index < -0.39 is 0 Å². The topological polar surface area (TPSA) is 72.0 Å². The van der Waals surface area contributed by atoms with Gasteiger partial charge < -0.3 is 15.2 Å². The van der Waals surface area contributed by atoms with Crippen LogP contribution < -0.4 is 0 Å². The molecule has 5 rings (SSSR count). The molecule has 2 aliphatic rings. The smallest absolute Gasteiger partial charge is 0.201 e. The van der Waals surface area contributed by atoms with Crippen molar-refractivity contribution in [2.45, 2.75) is 43.9 Å². The zero-order chi connectivity index (χ0) is 16.4. The van der Waals surface area contributed by atoms with Gasteiger partial charge >= 0.3 is 0 Å². The molecule has 0 bridgehead atoms. The number of nitrogens with one attached hydrogen (secondary N) is 2. The molecule has 2 unspecified atom stereocenters. The van der Waals surface area contributed by atoms with E-state index in [-0.39, 0.29) is 17.7 Å². The molecular formula is C19H19BrN2O2. The highest BCUT2D eigenvalue weighted by Gasteiger charge is 2.41. The molecule has 24 heavy (non-hydrogen) atoms. The van der Waals surface area contributed by atoms with Crippen LogP contribution in [0.1, 0.15) is 55.1 Å². The predicted octanol–water partition coefficient (Wildman–Crippen LogP) is 5.48. The number of benzene rings is 1. The SMILES string of the molecule is Oc1[nH]c(O)c2c1-c1[nH]c3ccc(Br)cc3c1C1CCCCCC21. The highest BCUT2D eigenvalue weighted by Crippen LogP contribution is 2.58. The number of aromatic hydroxyl groups is 2. The lowest BCUT2D eigenvalue weighted by atomic mass is 9.72. The summed E-state index contributed by atoms with van der Waals surface area (Å²) >= 11 is 3.59. The lowest BCUT2D eigenvalue weighted by Crippen LogP contribution is -2.15. The highest BCUT2D eigenvalue weighted by atomic mass is 79.9. The van der Waals surface area contributed by atoms with Gasteiger partial charge in [0.05, 0.1) is 11.3 Å². The van der Waals surface area contributed by atoms with Crippen molar-refractivity contribution in [2.75, 3.05) is 0 Å². The second-order valence-electron chi connectivity index (χ2n) is 7.07. The lowest BCUT2D eigenvalue weighted by Gasteiger charge is -2.31. The zero-order valence-corrected chi connectivity index (χ0v) is 14.8. The van der Waals surface area contributed by atoms with Crippen LogP contribution in [0.15, 0.2) is 22.7 Å². The summed E-state index contributed by atoms with van der Waals surface area (Å²) in [6, 6.07) is 6.28. The standard InChI is InChI=1S/C19H19BrN2O2/c20-9-6-7-13-12(8-9)14-10-4-2-1-3-5-11(10)15-16(17(14)21-13)19(24)22-18(15)23/h6-8,10-11,21-24H,1-5H2. The van der Waals surface area contributed by atoms with E-state index in [9.17, 15) is 10.2 Å². The van der Waals surface area contributed by atoms with Crippen molar-refractivity contribution in [3.8, 4) is 23.0 Å². The molecule has 2 aliphatic carbocycles. The largest absolute Gasteiger partial charge is 0.494 e. The summed E-state index contributed by atoms with van der Waals surface area (Å²) in [5.41, 5.74) is 5.02. The summed E-state index contributed by atoms with van der Waals surface area (Å²) in [5.74, 6) is 0.853. The summed E-state index contributed by atoms with van der Waals surface area (Å²) in [6.07, 6.45) is 5.81. The van der Waals surface area contributed by atoms with E-state index >= 15 is 0 Å². The summed E-state index contributed by atoms with van der Waals surface area (Å²) < 4.78 is 1.06. The van der Waals surface area contributed by atoms with E-state index in [1.807, 2.05) is 6.07 Å². The van der Waals surface area contributed by atoms with Crippen molar-refractivity contribution in [1.82, 2.24) is 9.97 Å². The van der Waals surface area contributed by atoms with Gasteiger partial charge in [-0.3, -0.25) is 4.98 Å². The van der Waals surface area contributed by atoms with Crippen molar-refractivity contribution in [2.24, 2.45) is 0 Å². The number of aromatic amines is 2. The Balaban J connectivity index is 1.88. The highest BCUT2D eigenvalue weighted by molar-refractivity contribution is 9.10. The first-order valence-corrected chi connectivity index (χ1v) is 9.39. The minimum absolute atomic E-state index is 0.0667. The summed E-state index contributed by atoms with van der Waals surface area (Å²) in [7, 11) is 0.